The van der Waals surface area contributed by atoms with E-state index >= 15 is 0 Å². The zero-order chi connectivity index (χ0) is 21.1. The summed E-state index contributed by atoms with van der Waals surface area (Å²) < 4.78 is 43.0. The smallest absolute Gasteiger partial charge is 0.287 e. The molecule has 7 nitrogen and oxygen atoms in total. The lowest BCUT2D eigenvalue weighted by atomic mass is 10.1. The molecule has 2 aromatic heterocycles. The van der Waals surface area contributed by atoms with Gasteiger partial charge in [-0.25, -0.2) is 14.5 Å². The summed E-state index contributed by atoms with van der Waals surface area (Å²) in [5.74, 6) is -2.06. The lowest BCUT2D eigenvalue weighted by Crippen LogP contribution is -2.58. The maximum Gasteiger partial charge on any atom is 0.492 e. The van der Waals surface area contributed by atoms with Gasteiger partial charge in [0.2, 0.25) is 12.5 Å². The minimum Gasteiger partial charge on any atom is -0.287 e. The minimum atomic E-state index is -5.32. The van der Waals surface area contributed by atoms with Gasteiger partial charge >= 0.3 is 17.7 Å². The molecule has 0 spiro atoms. The monoisotopic (exact) mass is 464 g/mol. The van der Waals surface area contributed by atoms with Gasteiger partial charge in [-0.1, -0.05) is 40.9 Å². The van der Waals surface area contributed by atoms with Crippen LogP contribution in [0.2, 0.25) is 15.2 Å². The van der Waals surface area contributed by atoms with Crippen molar-refractivity contribution in [3.63, 3.8) is 0 Å². The van der Waals surface area contributed by atoms with Crippen LogP contribution in [-0.2, 0) is 17.0 Å². The summed E-state index contributed by atoms with van der Waals surface area (Å²) in [4.78, 5) is 33.2. The van der Waals surface area contributed by atoms with Crippen molar-refractivity contribution in [3.8, 4) is 0 Å². The number of nitrogens with one attached hydrogen (secondary N) is 1. The second kappa shape index (κ2) is 6.54. The number of amides is 1. The second-order valence-corrected chi connectivity index (χ2v) is 7.34. The van der Waals surface area contributed by atoms with E-state index in [2.05, 4.69) is 9.97 Å². The van der Waals surface area contributed by atoms with E-state index in [1.54, 1.807) is 0 Å². The van der Waals surface area contributed by atoms with Crippen molar-refractivity contribution in [2.24, 2.45) is 0 Å². The van der Waals surface area contributed by atoms with Crippen LogP contribution in [0, 0.1) is 4.91 Å². The summed E-state index contributed by atoms with van der Waals surface area (Å²) >= 11 is 17.6. The third kappa shape index (κ3) is 2.85. The van der Waals surface area contributed by atoms with Crippen molar-refractivity contribution in [3.05, 3.63) is 56.1 Å². The molecule has 0 aliphatic carbocycles. The maximum atomic E-state index is 14.3. The molecule has 13 heteroatoms. The number of pyridine rings is 1. The Morgan fingerprint density at radius 2 is 1.83 bits per heavy atom. The molecule has 1 aliphatic heterocycles. The molecular formula is C16H8Cl3F3N5O2+. The molecule has 1 N–H and O–H groups in total. The molecule has 29 heavy (non-hydrogen) atoms. The van der Waals surface area contributed by atoms with Crippen molar-refractivity contribution < 1.29 is 22.7 Å². The number of imidazole rings is 1. The minimum absolute atomic E-state index is 0.0111. The molecule has 0 saturated heterocycles. The fourth-order valence-electron chi connectivity index (χ4n) is 3.20. The van der Waals surface area contributed by atoms with E-state index in [1.807, 2.05) is 5.32 Å². The van der Waals surface area contributed by atoms with Crippen LogP contribution in [0.15, 0.2) is 30.3 Å². The number of nitrogens with zero attached hydrogens (tertiary/aromatic N) is 4. The molecule has 0 radical (unpaired) electrons. The van der Waals surface area contributed by atoms with Crippen LogP contribution in [0.5, 0.6) is 0 Å². The van der Waals surface area contributed by atoms with Crippen molar-refractivity contribution >= 4 is 57.7 Å². The first-order valence-corrected chi connectivity index (χ1v) is 9.01. The topological polar surface area (TPSA) is 79.9 Å². The Bertz CT molecular complexity index is 1200. The molecule has 150 valence electrons. The molecule has 0 bridgehead atoms. The van der Waals surface area contributed by atoms with Crippen molar-refractivity contribution in [2.75, 3.05) is 5.32 Å². The Labute approximate surface area is 175 Å². The molecule has 1 amide bonds. The van der Waals surface area contributed by atoms with Gasteiger partial charge in [0.05, 0.1) is 25.8 Å². The lowest BCUT2D eigenvalue weighted by molar-refractivity contribution is -0.684. The van der Waals surface area contributed by atoms with E-state index < -0.39 is 35.0 Å². The molecule has 1 unspecified atom stereocenters. The van der Waals surface area contributed by atoms with Crippen molar-refractivity contribution in [1.29, 1.82) is 0 Å². The average molecular weight is 466 g/mol. The zero-order valence-corrected chi connectivity index (χ0v) is 16.2. The van der Waals surface area contributed by atoms with Gasteiger partial charge in [-0.15, -0.1) is 0 Å². The van der Waals surface area contributed by atoms with E-state index in [9.17, 15) is 22.9 Å². The number of halogens is 6. The van der Waals surface area contributed by atoms with Crippen LogP contribution >= 0.6 is 34.8 Å². The zero-order valence-electron chi connectivity index (χ0n) is 14.0. The molecule has 1 aromatic carbocycles. The van der Waals surface area contributed by atoms with Crippen LogP contribution in [0.1, 0.15) is 5.69 Å². The van der Waals surface area contributed by atoms with Gasteiger partial charge in [0, 0.05) is 4.91 Å². The summed E-state index contributed by atoms with van der Waals surface area (Å²) in [5, 5.41) is 2.00. The number of hydrogen-bond acceptors (Lipinski definition) is 4. The molecule has 4 rings (SSSR count). The molecule has 0 fully saturated rings. The van der Waals surface area contributed by atoms with Gasteiger partial charge in [-0.05, 0) is 24.3 Å². The predicted molar refractivity (Wildman–Crippen MR) is 99.0 cm³/mol. The molecule has 3 aromatic rings. The van der Waals surface area contributed by atoms with Gasteiger partial charge < -0.3 is 0 Å². The number of benzene rings is 1. The van der Waals surface area contributed by atoms with E-state index in [4.69, 9.17) is 34.8 Å². The van der Waals surface area contributed by atoms with Gasteiger partial charge in [0.25, 0.3) is 0 Å². The number of rotatable bonds is 3. The van der Waals surface area contributed by atoms with E-state index in [0.717, 1.165) is 6.07 Å². The van der Waals surface area contributed by atoms with Gasteiger partial charge in [-0.2, -0.15) is 13.2 Å². The fourth-order valence-corrected chi connectivity index (χ4v) is 3.69. The third-order valence-electron chi connectivity index (χ3n) is 4.40. The predicted octanol–water partition coefficient (Wildman–Crippen LogP) is 4.54. The molecule has 3 heterocycles. The molecular weight excluding hydrogens is 458 g/mol. The number of nitroso groups, excluding NO2 is 1. The Kier molecular flexibility index (Phi) is 4.48. The Morgan fingerprint density at radius 1 is 1.14 bits per heavy atom. The van der Waals surface area contributed by atoms with Gasteiger partial charge in [-0.3, -0.25) is 10.1 Å². The Balaban J connectivity index is 1.95. The van der Waals surface area contributed by atoms with Gasteiger partial charge in [0.1, 0.15) is 10.8 Å². The van der Waals surface area contributed by atoms with Crippen LogP contribution < -0.4 is 5.32 Å². The maximum absolute atomic E-state index is 14.3. The van der Waals surface area contributed by atoms with Gasteiger partial charge in [0.15, 0.2) is 0 Å². The summed E-state index contributed by atoms with van der Waals surface area (Å²) in [6.45, 7) is -0.867. The van der Waals surface area contributed by atoms with E-state index in [0.29, 0.717) is 4.57 Å². The highest BCUT2D eigenvalue weighted by atomic mass is 35.5. The summed E-state index contributed by atoms with van der Waals surface area (Å²) in [6.07, 6.45) is -5.32. The van der Waals surface area contributed by atoms with Crippen LogP contribution in [0.4, 0.5) is 19.1 Å². The second-order valence-electron chi connectivity index (χ2n) is 6.14. The van der Waals surface area contributed by atoms with Crippen LogP contribution in [0.3, 0.4) is 0 Å². The molecule has 0 saturated carbocycles. The van der Waals surface area contributed by atoms with E-state index in [1.165, 1.54) is 24.3 Å². The number of fused-ring (bicyclic) bond motifs is 3. The first kappa shape index (κ1) is 19.9. The first-order chi connectivity index (χ1) is 13.6. The highest BCUT2D eigenvalue weighted by Gasteiger charge is 2.78. The highest BCUT2D eigenvalue weighted by Crippen LogP contribution is 2.47. The first-order valence-electron chi connectivity index (χ1n) is 7.88. The van der Waals surface area contributed by atoms with Crippen molar-refractivity contribution in [1.82, 2.24) is 14.5 Å². The average Bonchev–Trinajstić information content (AvgIpc) is 3.07. The SMILES string of the molecule is O=C1Nc2nc3cc(Cl)c(Cl)cc3n2C1([N+](=O)Cc1cccc(Cl)n1)C(F)(F)F. The van der Waals surface area contributed by atoms with Crippen molar-refractivity contribution in [2.45, 2.75) is 18.4 Å². The summed E-state index contributed by atoms with van der Waals surface area (Å²) in [6, 6.07) is 6.49. The quantitative estimate of drug-likeness (QED) is 0.455. The number of carbonyl (C=O) groups is 1. The van der Waals surface area contributed by atoms with E-state index in [-0.39, 0.29) is 31.9 Å². The lowest BCUT2D eigenvalue weighted by Gasteiger charge is -2.23. The number of carbonyl (C=O) groups excluding carboxylic acids is 1. The number of alkyl halides is 3. The fraction of sp³-hybridized carbons (Fsp3) is 0.188. The Hall–Kier alpha value is -2.43. The molecule has 1 atom stereocenters. The van der Waals surface area contributed by atoms with Crippen LogP contribution in [-0.4, -0.2) is 31.4 Å². The summed E-state index contributed by atoms with van der Waals surface area (Å²) in [5.41, 5.74) is -3.84. The largest absolute Gasteiger partial charge is 0.492 e. The Morgan fingerprint density at radius 3 is 2.48 bits per heavy atom. The van der Waals surface area contributed by atoms with Crippen LogP contribution in [0.25, 0.3) is 11.0 Å². The highest BCUT2D eigenvalue weighted by molar-refractivity contribution is 6.42. The normalized spacial score (nSPS) is 18.8. The number of aromatic nitrogens is 3. The standard InChI is InChI=1S/C16H7Cl3F3N5O2/c17-8-4-10-11(5-9(8)18)27-14(24-10)25-13(28)15(27,16(20,21)22)26(29)6-7-2-1-3-12(19)23-7/h1-5H,6H2/p+1. The third-order valence-corrected chi connectivity index (χ3v) is 5.33. The number of hydrogen-bond donors (Lipinski definition) is 1. The number of anilines is 1. The summed E-state index contributed by atoms with van der Waals surface area (Å²) in [7, 11) is 0. The molecule has 1 aliphatic rings.